The average molecular weight is 515 g/mol. The van der Waals surface area contributed by atoms with Crippen molar-refractivity contribution in [2.75, 3.05) is 53.1 Å². The Morgan fingerprint density at radius 1 is 1.25 bits per heavy atom. The number of morpholine rings is 1. The van der Waals surface area contributed by atoms with Crippen LogP contribution in [0.4, 0.5) is 13.2 Å². The molecule has 2 atom stereocenters. The molecule has 2 fully saturated rings. The highest BCUT2D eigenvalue weighted by atomic mass is 127. The first-order valence-electron chi connectivity index (χ1n) is 8.91. The molecule has 1 aromatic rings. The minimum atomic E-state index is -4.37. The van der Waals surface area contributed by atoms with Crippen LogP contribution in [0.5, 0.6) is 0 Å². The van der Waals surface area contributed by atoms with Crippen molar-refractivity contribution >= 4 is 29.9 Å². The minimum absolute atomic E-state index is 0. The third kappa shape index (κ3) is 6.19. The Labute approximate surface area is 179 Å². The predicted molar refractivity (Wildman–Crippen MR) is 109 cm³/mol. The van der Waals surface area contributed by atoms with E-state index in [1.165, 1.54) is 6.07 Å². The normalized spacial score (nSPS) is 23.9. The SMILES string of the molecule is CN=C(NCC1COCCO1)N1CCOC(c2cccc(C(F)(F)F)c2)C1.I. The Kier molecular flexibility index (Phi) is 8.78. The highest BCUT2D eigenvalue weighted by molar-refractivity contribution is 14.0. The second-order valence-corrected chi connectivity index (χ2v) is 6.42. The van der Waals surface area contributed by atoms with E-state index >= 15 is 0 Å². The summed E-state index contributed by atoms with van der Waals surface area (Å²) >= 11 is 0. The topological polar surface area (TPSA) is 55.3 Å². The van der Waals surface area contributed by atoms with Gasteiger partial charge in [0, 0.05) is 20.1 Å². The van der Waals surface area contributed by atoms with Crippen LogP contribution in [0.3, 0.4) is 0 Å². The zero-order chi connectivity index (χ0) is 19.3. The van der Waals surface area contributed by atoms with Gasteiger partial charge in [0.1, 0.15) is 6.10 Å². The highest BCUT2D eigenvalue weighted by Crippen LogP contribution is 2.32. The molecule has 10 heteroatoms. The van der Waals surface area contributed by atoms with Crippen LogP contribution < -0.4 is 5.32 Å². The van der Waals surface area contributed by atoms with E-state index in [1.807, 2.05) is 4.90 Å². The van der Waals surface area contributed by atoms with Gasteiger partial charge >= 0.3 is 6.18 Å². The number of hydrogen-bond donors (Lipinski definition) is 1. The van der Waals surface area contributed by atoms with Crippen molar-refractivity contribution in [3.8, 4) is 0 Å². The third-order valence-electron chi connectivity index (χ3n) is 4.54. The number of nitrogens with zero attached hydrogens (tertiary/aromatic N) is 2. The molecule has 0 aliphatic carbocycles. The molecule has 1 aromatic carbocycles. The lowest BCUT2D eigenvalue weighted by atomic mass is 10.0. The molecule has 2 heterocycles. The summed E-state index contributed by atoms with van der Waals surface area (Å²) in [6.45, 7) is 3.69. The Morgan fingerprint density at radius 2 is 2.07 bits per heavy atom. The zero-order valence-electron chi connectivity index (χ0n) is 15.6. The maximum atomic E-state index is 13.0. The first-order chi connectivity index (χ1) is 13.0. The van der Waals surface area contributed by atoms with Crippen molar-refractivity contribution in [3.63, 3.8) is 0 Å². The Balaban J connectivity index is 0.00000280. The maximum absolute atomic E-state index is 13.0. The van der Waals surface area contributed by atoms with E-state index < -0.39 is 17.8 Å². The van der Waals surface area contributed by atoms with Crippen molar-refractivity contribution in [2.45, 2.75) is 18.4 Å². The monoisotopic (exact) mass is 515 g/mol. The average Bonchev–Trinajstić information content (AvgIpc) is 2.69. The van der Waals surface area contributed by atoms with Gasteiger partial charge in [0.15, 0.2) is 5.96 Å². The van der Waals surface area contributed by atoms with Crippen LogP contribution in [-0.2, 0) is 20.4 Å². The van der Waals surface area contributed by atoms with Crippen LogP contribution >= 0.6 is 24.0 Å². The predicted octanol–water partition coefficient (Wildman–Crippen LogP) is 2.69. The highest BCUT2D eigenvalue weighted by Gasteiger charge is 2.32. The van der Waals surface area contributed by atoms with Gasteiger partial charge in [-0.25, -0.2) is 0 Å². The van der Waals surface area contributed by atoms with E-state index in [1.54, 1.807) is 13.1 Å². The van der Waals surface area contributed by atoms with Gasteiger partial charge in [-0.1, -0.05) is 12.1 Å². The van der Waals surface area contributed by atoms with Crippen molar-refractivity contribution in [3.05, 3.63) is 35.4 Å². The molecule has 2 aliphatic rings. The van der Waals surface area contributed by atoms with E-state index in [9.17, 15) is 13.2 Å². The first-order valence-corrected chi connectivity index (χ1v) is 8.91. The van der Waals surface area contributed by atoms with Crippen molar-refractivity contribution in [1.29, 1.82) is 0 Å². The van der Waals surface area contributed by atoms with Gasteiger partial charge in [-0.15, -0.1) is 24.0 Å². The molecular weight excluding hydrogens is 490 g/mol. The number of halogens is 4. The fourth-order valence-corrected chi connectivity index (χ4v) is 3.15. The summed E-state index contributed by atoms with van der Waals surface area (Å²) in [4.78, 5) is 6.26. The van der Waals surface area contributed by atoms with Gasteiger partial charge in [0.05, 0.1) is 44.6 Å². The summed E-state index contributed by atoms with van der Waals surface area (Å²) in [5, 5.41) is 3.25. The second-order valence-electron chi connectivity index (χ2n) is 6.42. The first kappa shape index (κ1) is 23.2. The molecule has 0 saturated carbocycles. The molecular formula is C18H25F3IN3O3. The number of aliphatic imine (C=N–C) groups is 1. The summed E-state index contributed by atoms with van der Waals surface area (Å²) in [7, 11) is 1.68. The van der Waals surface area contributed by atoms with E-state index in [0.717, 1.165) is 12.1 Å². The zero-order valence-corrected chi connectivity index (χ0v) is 17.9. The van der Waals surface area contributed by atoms with Crippen LogP contribution in [0, 0.1) is 0 Å². The van der Waals surface area contributed by atoms with Crippen LogP contribution in [0.2, 0.25) is 0 Å². The molecule has 0 bridgehead atoms. The standard InChI is InChI=1S/C18H24F3N3O3.HI/c1-22-17(23-10-15-12-25-7-8-26-15)24-5-6-27-16(11-24)13-3-2-4-14(9-13)18(19,20)21;/h2-4,9,15-16H,5-8,10-12H2,1H3,(H,22,23);1H. The van der Waals surface area contributed by atoms with Gasteiger partial charge in [-0.2, -0.15) is 13.2 Å². The molecule has 0 radical (unpaired) electrons. The maximum Gasteiger partial charge on any atom is 0.416 e. The summed E-state index contributed by atoms with van der Waals surface area (Å²) < 4.78 is 55.6. The number of guanidine groups is 1. The lowest BCUT2D eigenvalue weighted by Crippen LogP contribution is -2.50. The number of ether oxygens (including phenoxy) is 3. The fraction of sp³-hybridized carbons (Fsp3) is 0.611. The minimum Gasteiger partial charge on any atom is -0.376 e. The third-order valence-corrected chi connectivity index (χ3v) is 4.54. The van der Waals surface area contributed by atoms with E-state index in [-0.39, 0.29) is 30.1 Å². The Hall–Kier alpha value is -1.11. The molecule has 0 spiro atoms. The Morgan fingerprint density at radius 3 is 2.75 bits per heavy atom. The summed E-state index contributed by atoms with van der Waals surface area (Å²) in [5.41, 5.74) is -0.160. The molecule has 2 saturated heterocycles. The number of nitrogens with one attached hydrogen (secondary N) is 1. The lowest BCUT2D eigenvalue weighted by Gasteiger charge is -2.36. The molecule has 1 N–H and O–H groups in total. The van der Waals surface area contributed by atoms with Gasteiger partial charge in [-0.3, -0.25) is 4.99 Å². The number of benzene rings is 1. The van der Waals surface area contributed by atoms with Crippen molar-refractivity contribution in [2.24, 2.45) is 4.99 Å². The van der Waals surface area contributed by atoms with Crippen molar-refractivity contribution < 1.29 is 27.4 Å². The molecule has 6 nitrogen and oxygen atoms in total. The molecule has 158 valence electrons. The summed E-state index contributed by atoms with van der Waals surface area (Å²) in [6, 6.07) is 5.29. The molecule has 28 heavy (non-hydrogen) atoms. The van der Waals surface area contributed by atoms with Crippen LogP contribution in [0.1, 0.15) is 17.2 Å². The molecule has 2 unspecified atom stereocenters. The fourth-order valence-electron chi connectivity index (χ4n) is 3.15. The van der Waals surface area contributed by atoms with Crippen LogP contribution in [0.15, 0.2) is 29.3 Å². The van der Waals surface area contributed by atoms with E-state index in [4.69, 9.17) is 14.2 Å². The smallest absolute Gasteiger partial charge is 0.376 e. The van der Waals surface area contributed by atoms with Crippen LogP contribution in [0.25, 0.3) is 0 Å². The molecule has 3 rings (SSSR count). The summed E-state index contributed by atoms with van der Waals surface area (Å²) in [6.07, 6.45) is -4.87. The quantitative estimate of drug-likeness (QED) is 0.382. The molecule has 0 amide bonds. The van der Waals surface area contributed by atoms with Gasteiger partial charge < -0.3 is 24.4 Å². The lowest BCUT2D eigenvalue weighted by molar-refractivity contribution is -0.137. The van der Waals surface area contributed by atoms with Gasteiger partial charge in [-0.05, 0) is 17.7 Å². The second kappa shape index (κ2) is 10.6. The van der Waals surface area contributed by atoms with Crippen molar-refractivity contribution in [1.82, 2.24) is 10.2 Å². The number of alkyl halides is 3. The van der Waals surface area contributed by atoms with Crippen LogP contribution in [-0.4, -0.2) is 70.1 Å². The largest absolute Gasteiger partial charge is 0.416 e. The van der Waals surface area contributed by atoms with E-state index in [2.05, 4.69) is 10.3 Å². The molecule has 0 aromatic heterocycles. The van der Waals surface area contributed by atoms with Gasteiger partial charge in [0.2, 0.25) is 0 Å². The Bertz CT molecular complexity index is 654. The number of hydrogen-bond acceptors (Lipinski definition) is 4. The van der Waals surface area contributed by atoms with E-state index in [0.29, 0.717) is 57.6 Å². The summed E-state index contributed by atoms with van der Waals surface area (Å²) in [5.74, 6) is 0.671. The molecule has 2 aliphatic heterocycles. The van der Waals surface area contributed by atoms with Gasteiger partial charge in [0.25, 0.3) is 0 Å². The number of rotatable bonds is 3.